The number of hydrogen-bond acceptors (Lipinski definition) is 3. The van der Waals surface area contributed by atoms with E-state index in [0.717, 1.165) is 19.2 Å². The number of halogens is 1. The minimum Gasteiger partial charge on any atom is -0.395 e. The summed E-state index contributed by atoms with van der Waals surface area (Å²) in [5, 5.41) is 9.95. The standard InChI is InChI=1S/C6H12ClN3/c1-2-3-10-6(7)5(9)4-8/h4,8,10H,2-3,9H2,1H3/b6-5+,8-4?. The number of rotatable bonds is 4. The summed E-state index contributed by atoms with van der Waals surface area (Å²) in [5.41, 5.74) is 5.57. The van der Waals surface area contributed by atoms with Crippen molar-refractivity contribution in [3.63, 3.8) is 0 Å². The van der Waals surface area contributed by atoms with E-state index in [-0.39, 0.29) is 5.70 Å². The second-order valence-electron chi connectivity index (χ2n) is 1.84. The molecule has 0 fully saturated rings. The van der Waals surface area contributed by atoms with Crippen molar-refractivity contribution in [2.45, 2.75) is 13.3 Å². The molecular weight excluding hydrogens is 150 g/mol. The lowest BCUT2D eigenvalue weighted by Crippen LogP contribution is -2.15. The Labute approximate surface area is 65.8 Å². The van der Waals surface area contributed by atoms with E-state index in [4.69, 9.17) is 22.7 Å². The van der Waals surface area contributed by atoms with Crippen molar-refractivity contribution < 1.29 is 0 Å². The first-order valence-electron chi connectivity index (χ1n) is 3.12. The van der Waals surface area contributed by atoms with Gasteiger partial charge in [0.15, 0.2) is 0 Å². The Bertz CT molecular complexity index is 142. The Morgan fingerprint density at radius 2 is 2.40 bits per heavy atom. The summed E-state index contributed by atoms with van der Waals surface area (Å²) < 4.78 is 0. The van der Waals surface area contributed by atoms with E-state index in [1.165, 1.54) is 0 Å². The third-order valence-corrected chi connectivity index (χ3v) is 1.29. The maximum Gasteiger partial charge on any atom is 0.127 e. The Balaban J connectivity index is 3.79. The molecule has 0 spiro atoms. The largest absolute Gasteiger partial charge is 0.395 e. The molecule has 0 aliphatic carbocycles. The summed E-state index contributed by atoms with van der Waals surface area (Å²) in [6.45, 7) is 2.81. The molecule has 4 heteroatoms. The van der Waals surface area contributed by atoms with E-state index < -0.39 is 0 Å². The molecule has 0 aromatic heterocycles. The fraction of sp³-hybridized carbons (Fsp3) is 0.500. The van der Waals surface area contributed by atoms with Crippen molar-refractivity contribution in [2.24, 2.45) is 5.73 Å². The van der Waals surface area contributed by atoms with Gasteiger partial charge in [0.2, 0.25) is 0 Å². The number of allylic oxidation sites excluding steroid dienone is 1. The van der Waals surface area contributed by atoms with Gasteiger partial charge in [-0.15, -0.1) is 0 Å². The molecule has 0 unspecified atom stereocenters. The van der Waals surface area contributed by atoms with Crippen molar-refractivity contribution in [1.82, 2.24) is 5.32 Å². The monoisotopic (exact) mass is 161 g/mol. The quantitative estimate of drug-likeness (QED) is 0.426. The maximum absolute atomic E-state index is 6.74. The normalized spacial score (nSPS) is 12.2. The highest BCUT2D eigenvalue weighted by Crippen LogP contribution is 1.97. The SMILES string of the molecule is CCCN/C(Cl)=C(/N)C=N. The lowest BCUT2D eigenvalue weighted by atomic mass is 10.4. The zero-order chi connectivity index (χ0) is 7.98. The van der Waals surface area contributed by atoms with Crippen LogP contribution in [0.4, 0.5) is 0 Å². The Morgan fingerprint density at radius 3 is 2.80 bits per heavy atom. The van der Waals surface area contributed by atoms with Crippen molar-refractivity contribution in [1.29, 1.82) is 5.41 Å². The van der Waals surface area contributed by atoms with Gasteiger partial charge in [-0.1, -0.05) is 18.5 Å². The summed E-state index contributed by atoms with van der Waals surface area (Å²) in [7, 11) is 0. The molecule has 0 bridgehead atoms. The molecule has 58 valence electrons. The van der Waals surface area contributed by atoms with Crippen LogP contribution in [-0.2, 0) is 0 Å². The van der Waals surface area contributed by atoms with Gasteiger partial charge in [0.1, 0.15) is 5.16 Å². The van der Waals surface area contributed by atoms with Gasteiger partial charge in [-0.05, 0) is 6.42 Å². The lowest BCUT2D eigenvalue weighted by molar-refractivity contribution is 0.794. The molecule has 0 aromatic rings. The van der Waals surface area contributed by atoms with E-state index in [1.54, 1.807) is 0 Å². The molecule has 0 radical (unpaired) electrons. The lowest BCUT2D eigenvalue weighted by Gasteiger charge is -2.02. The first-order chi connectivity index (χ1) is 4.72. The van der Waals surface area contributed by atoms with Crippen LogP contribution in [-0.4, -0.2) is 12.8 Å². The van der Waals surface area contributed by atoms with E-state index >= 15 is 0 Å². The average molecular weight is 162 g/mol. The van der Waals surface area contributed by atoms with Gasteiger partial charge in [-0.3, -0.25) is 0 Å². The smallest absolute Gasteiger partial charge is 0.127 e. The summed E-state index contributed by atoms with van der Waals surface area (Å²) in [5.74, 6) is 0. The predicted octanol–water partition coefficient (Wildman–Crippen LogP) is 1.00. The van der Waals surface area contributed by atoms with Crippen LogP contribution in [0.5, 0.6) is 0 Å². The maximum atomic E-state index is 6.74. The molecule has 0 aliphatic heterocycles. The zero-order valence-corrected chi connectivity index (χ0v) is 6.70. The van der Waals surface area contributed by atoms with Crippen LogP contribution in [0.2, 0.25) is 0 Å². The highest BCUT2D eigenvalue weighted by atomic mass is 35.5. The summed E-state index contributed by atoms with van der Waals surface area (Å²) in [4.78, 5) is 0. The minimum atomic E-state index is 0.273. The third kappa shape index (κ3) is 3.35. The van der Waals surface area contributed by atoms with Crippen molar-refractivity contribution in [3.05, 3.63) is 10.9 Å². The summed E-state index contributed by atoms with van der Waals surface area (Å²) in [6.07, 6.45) is 2.01. The predicted molar refractivity (Wildman–Crippen MR) is 44.1 cm³/mol. The van der Waals surface area contributed by atoms with Gasteiger partial charge in [0.05, 0.1) is 5.70 Å². The van der Waals surface area contributed by atoms with Crippen LogP contribution in [0.3, 0.4) is 0 Å². The second-order valence-corrected chi connectivity index (χ2v) is 2.22. The van der Waals surface area contributed by atoms with E-state index in [9.17, 15) is 0 Å². The molecule has 0 saturated heterocycles. The molecule has 0 saturated carbocycles. The molecule has 0 aromatic carbocycles. The Morgan fingerprint density at radius 1 is 1.80 bits per heavy atom. The van der Waals surface area contributed by atoms with E-state index in [2.05, 4.69) is 5.32 Å². The second kappa shape index (κ2) is 5.11. The molecule has 0 heterocycles. The van der Waals surface area contributed by atoms with Crippen molar-refractivity contribution >= 4 is 17.8 Å². The average Bonchev–Trinajstić information content (AvgIpc) is 1.98. The van der Waals surface area contributed by atoms with E-state index in [0.29, 0.717) is 5.16 Å². The highest BCUT2D eigenvalue weighted by Gasteiger charge is 1.93. The number of nitrogens with two attached hydrogens (primary N) is 1. The molecule has 4 N–H and O–H groups in total. The van der Waals surface area contributed by atoms with Crippen LogP contribution in [0.25, 0.3) is 0 Å². The van der Waals surface area contributed by atoms with Gasteiger partial charge in [-0.25, -0.2) is 0 Å². The molecular formula is C6H12ClN3. The topological polar surface area (TPSA) is 61.9 Å². The number of hydrogen-bond donors (Lipinski definition) is 3. The minimum absolute atomic E-state index is 0.273. The van der Waals surface area contributed by atoms with Gasteiger partial charge in [0, 0.05) is 12.8 Å². The molecule has 3 nitrogen and oxygen atoms in total. The van der Waals surface area contributed by atoms with Gasteiger partial charge in [-0.2, -0.15) is 0 Å². The highest BCUT2D eigenvalue weighted by molar-refractivity contribution is 6.30. The Kier molecular flexibility index (Phi) is 4.76. The fourth-order valence-electron chi connectivity index (χ4n) is 0.400. The molecule has 10 heavy (non-hydrogen) atoms. The fourth-order valence-corrected chi connectivity index (χ4v) is 0.549. The molecule has 0 rings (SSSR count). The van der Waals surface area contributed by atoms with Crippen LogP contribution in [0.15, 0.2) is 10.9 Å². The zero-order valence-electron chi connectivity index (χ0n) is 5.95. The van der Waals surface area contributed by atoms with Crippen molar-refractivity contribution in [2.75, 3.05) is 6.54 Å². The van der Waals surface area contributed by atoms with Gasteiger partial charge in [0.25, 0.3) is 0 Å². The van der Waals surface area contributed by atoms with Gasteiger partial charge >= 0.3 is 0 Å². The first kappa shape index (κ1) is 9.30. The van der Waals surface area contributed by atoms with Crippen LogP contribution in [0.1, 0.15) is 13.3 Å². The first-order valence-corrected chi connectivity index (χ1v) is 3.49. The number of nitrogens with one attached hydrogen (secondary N) is 2. The molecule has 0 amide bonds. The van der Waals surface area contributed by atoms with Crippen LogP contribution in [0, 0.1) is 5.41 Å². The Hall–Kier alpha value is -0.700. The van der Waals surface area contributed by atoms with E-state index in [1.807, 2.05) is 6.92 Å². The van der Waals surface area contributed by atoms with Crippen LogP contribution >= 0.6 is 11.6 Å². The third-order valence-electron chi connectivity index (χ3n) is 0.939. The van der Waals surface area contributed by atoms with Gasteiger partial charge < -0.3 is 16.5 Å². The molecule has 0 aliphatic rings. The summed E-state index contributed by atoms with van der Waals surface area (Å²) in [6, 6.07) is 0. The summed E-state index contributed by atoms with van der Waals surface area (Å²) >= 11 is 5.60. The van der Waals surface area contributed by atoms with Crippen molar-refractivity contribution in [3.8, 4) is 0 Å². The molecule has 0 atom stereocenters. The van der Waals surface area contributed by atoms with Crippen LogP contribution < -0.4 is 11.1 Å².